The van der Waals surface area contributed by atoms with E-state index in [2.05, 4.69) is 30.7 Å². The van der Waals surface area contributed by atoms with Crippen LogP contribution < -0.4 is 0 Å². The van der Waals surface area contributed by atoms with Gasteiger partial charge in [0.1, 0.15) is 11.3 Å². The van der Waals surface area contributed by atoms with Gasteiger partial charge in [0.15, 0.2) is 0 Å². The lowest BCUT2D eigenvalue weighted by Crippen LogP contribution is -2.23. The Balaban J connectivity index is 2.14. The molecule has 0 amide bonds. The van der Waals surface area contributed by atoms with E-state index in [9.17, 15) is 0 Å². The van der Waals surface area contributed by atoms with Crippen molar-refractivity contribution in [1.82, 2.24) is 15.0 Å². The van der Waals surface area contributed by atoms with Crippen molar-refractivity contribution >= 4 is 11.0 Å². The van der Waals surface area contributed by atoms with Crippen LogP contribution in [0.2, 0.25) is 0 Å². The average molecular weight is 301 g/mol. The number of nitrogens with zero attached hydrogens (tertiary/aromatic N) is 2. The third kappa shape index (κ3) is 4.31. The van der Waals surface area contributed by atoms with Gasteiger partial charge >= 0.3 is 0 Å². The van der Waals surface area contributed by atoms with Crippen molar-refractivity contribution in [1.29, 1.82) is 0 Å². The lowest BCUT2D eigenvalue weighted by Gasteiger charge is -2.27. The Bertz CT molecular complexity index is 528. The fourth-order valence-electron chi connectivity index (χ4n) is 3.21. The smallest absolute Gasteiger partial charge is 0.113 e. The van der Waals surface area contributed by atoms with Crippen molar-refractivity contribution in [2.24, 2.45) is 0 Å². The first-order valence-electron chi connectivity index (χ1n) is 9.00. The first kappa shape index (κ1) is 17.0. The average Bonchev–Trinajstić information content (AvgIpc) is 2.97. The molecule has 0 aliphatic heterocycles. The number of H-pyrrole nitrogens is 1. The number of aromatic amines is 1. The molecule has 3 nitrogen and oxygen atoms in total. The Hall–Kier alpha value is -1.38. The molecule has 2 aromatic rings. The van der Waals surface area contributed by atoms with E-state index in [-0.39, 0.29) is 5.41 Å². The molecule has 0 radical (unpaired) electrons. The lowest BCUT2D eigenvalue weighted by molar-refractivity contribution is 0.350. The number of hydrogen-bond acceptors (Lipinski definition) is 2. The van der Waals surface area contributed by atoms with Crippen LogP contribution in [0.15, 0.2) is 18.5 Å². The molecule has 2 heterocycles. The summed E-state index contributed by atoms with van der Waals surface area (Å²) in [6, 6.07) is 2.02. The second-order valence-electron chi connectivity index (χ2n) is 6.81. The van der Waals surface area contributed by atoms with Crippen molar-refractivity contribution < 1.29 is 0 Å². The molecule has 0 saturated heterocycles. The predicted octanol–water partition coefficient (Wildman–Crippen LogP) is 5.77. The molecule has 3 heteroatoms. The third-order valence-electron chi connectivity index (χ3n) is 4.77. The minimum absolute atomic E-state index is 0.169. The highest BCUT2D eigenvalue weighted by Gasteiger charge is 2.29. The first-order chi connectivity index (χ1) is 10.7. The van der Waals surface area contributed by atoms with Crippen molar-refractivity contribution in [2.75, 3.05) is 0 Å². The summed E-state index contributed by atoms with van der Waals surface area (Å²) in [5.41, 5.74) is 2.27. The van der Waals surface area contributed by atoms with Gasteiger partial charge in [-0.05, 0) is 18.9 Å². The van der Waals surface area contributed by atoms with Gasteiger partial charge in [-0.3, -0.25) is 4.98 Å². The van der Waals surface area contributed by atoms with E-state index in [0.29, 0.717) is 0 Å². The molecular weight excluding hydrogens is 270 g/mol. The van der Waals surface area contributed by atoms with Crippen molar-refractivity contribution in [3.05, 3.63) is 24.3 Å². The van der Waals surface area contributed by atoms with Gasteiger partial charge in [-0.2, -0.15) is 0 Å². The second kappa shape index (κ2) is 8.30. The van der Waals surface area contributed by atoms with Crippen LogP contribution in [0.25, 0.3) is 11.0 Å². The summed E-state index contributed by atoms with van der Waals surface area (Å²) in [4.78, 5) is 12.6. The maximum atomic E-state index is 4.84. The molecule has 2 aromatic heterocycles. The van der Waals surface area contributed by atoms with E-state index in [1.165, 1.54) is 57.8 Å². The van der Waals surface area contributed by atoms with Crippen molar-refractivity contribution in [3.8, 4) is 0 Å². The molecule has 1 unspecified atom stereocenters. The molecule has 1 atom stereocenters. The number of unbranched alkanes of at least 4 members (excludes halogenated alkanes) is 5. The highest BCUT2D eigenvalue weighted by molar-refractivity contribution is 5.73. The van der Waals surface area contributed by atoms with Crippen LogP contribution in [0.5, 0.6) is 0 Å². The molecule has 0 saturated carbocycles. The molecule has 122 valence electrons. The Morgan fingerprint density at radius 3 is 2.36 bits per heavy atom. The highest BCUT2D eigenvalue weighted by atomic mass is 14.9. The molecule has 0 fully saturated rings. The number of hydrogen-bond donors (Lipinski definition) is 1. The molecule has 0 aliphatic carbocycles. The topological polar surface area (TPSA) is 41.6 Å². The van der Waals surface area contributed by atoms with Crippen LogP contribution in [0.3, 0.4) is 0 Å². The van der Waals surface area contributed by atoms with Crippen molar-refractivity contribution in [3.63, 3.8) is 0 Å². The van der Waals surface area contributed by atoms with Crippen LogP contribution >= 0.6 is 0 Å². The van der Waals surface area contributed by atoms with Gasteiger partial charge in [0.05, 0.1) is 11.7 Å². The second-order valence-corrected chi connectivity index (χ2v) is 6.81. The van der Waals surface area contributed by atoms with Crippen LogP contribution in [-0.4, -0.2) is 15.0 Å². The number of imidazole rings is 1. The van der Waals surface area contributed by atoms with E-state index in [1.54, 1.807) is 0 Å². The van der Waals surface area contributed by atoms with Crippen LogP contribution in [0.1, 0.15) is 84.4 Å². The summed E-state index contributed by atoms with van der Waals surface area (Å²) < 4.78 is 0. The Morgan fingerprint density at radius 1 is 1.00 bits per heavy atom. The fraction of sp³-hybridized carbons (Fsp3) is 0.684. The number of aromatic nitrogens is 3. The molecule has 1 N–H and O–H groups in total. The van der Waals surface area contributed by atoms with E-state index in [1.807, 2.05) is 18.5 Å². The largest absolute Gasteiger partial charge is 0.341 e. The normalized spacial score (nSPS) is 14.3. The zero-order valence-electron chi connectivity index (χ0n) is 14.5. The highest BCUT2D eigenvalue weighted by Crippen LogP contribution is 2.34. The zero-order valence-corrected chi connectivity index (χ0v) is 14.5. The molecule has 0 bridgehead atoms. The van der Waals surface area contributed by atoms with Gasteiger partial charge in [-0.1, -0.05) is 65.7 Å². The number of pyridine rings is 1. The van der Waals surface area contributed by atoms with Gasteiger partial charge in [-0.15, -0.1) is 0 Å². The summed E-state index contributed by atoms with van der Waals surface area (Å²) in [7, 11) is 0. The van der Waals surface area contributed by atoms with Gasteiger partial charge in [0.2, 0.25) is 0 Å². The first-order valence-corrected chi connectivity index (χ1v) is 9.00. The molecule has 0 spiro atoms. The van der Waals surface area contributed by atoms with Crippen LogP contribution in [0, 0.1) is 0 Å². The number of fused-ring (bicyclic) bond motifs is 1. The SMILES string of the molecule is CCCCCCC(C)(CCCCC)c1nc2cnccc2[nH]1. The molecule has 0 aromatic carbocycles. The molecule has 0 aliphatic rings. The molecular formula is C19H31N3. The monoisotopic (exact) mass is 301 g/mol. The quantitative estimate of drug-likeness (QED) is 0.566. The van der Waals surface area contributed by atoms with Gasteiger partial charge < -0.3 is 4.98 Å². The summed E-state index contributed by atoms with van der Waals surface area (Å²) in [5.74, 6) is 1.16. The molecule has 2 rings (SSSR count). The zero-order chi connectivity index (χ0) is 15.8. The predicted molar refractivity (Wildman–Crippen MR) is 94.1 cm³/mol. The van der Waals surface area contributed by atoms with Gasteiger partial charge in [0.25, 0.3) is 0 Å². The minimum Gasteiger partial charge on any atom is -0.341 e. The maximum Gasteiger partial charge on any atom is 0.113 e. The van der Waals surface area contributed by atoms with E-state index >= 15 is 0 Å². The summed E-state index contributed by atoms with van der Waals surface area (Å²) in [6.07, 6.45) is 15.3. The molecule has 22 heavy (non-hydrogen) atoms. The summed E-state index contributed by atoms with van der Waals surface area (Å²) >= 11 is 0. The van der Waals surface area contributed by atoms with Crippen LogP contribution in [-0.2, 0) is 5.41 Å². The van der Waals surface area contributed by atoms with Crippen LogP contribution in [0.4, 0.5) is 0 Å². The van der Waals surface area contributed by atoms with Crippen molar-refractivity contribution in [2.45, 2.75) is 84.0 Å². The number of nitrogens with one attached hydrogen (secondary N) is 1. The number of rotatable bonds is 10. The Morgan fingerprint density at radius 2 is 1.68 bits per heavy atom. The summed E-state index contributed by atoms with van der Waals surface area (Å²) in [6.45, 7) is 6.93. The Kier molecular flexibility index (Phi) is 6.41. The van der Waals surface area contributed by atoms with E-state index < -0.39 is 0 Å². The Labute approximate surface area is 135 Å². The van der Waals surface area contributed by atoms with E-state index in [0.717, 1.165) is 16.9 Å². The standard InChI is InChI=1S/C19H31N3/c1-4-6-8-10-13-19(3,12-9-7-5-2)18-21-16-11-14-20-15-17(16)22-18/h11,14-15H,4-10,12-13H2,1-3H3,(H,21,22). The summed E-state index contributed by atoms with van der Waals surface area (Å²) in [5, 5.41) is 0. The van der Waals surface area contributed by atoms with Gasteiger partial charge in [0, 0.05) is 11.6 Å². The van der Waals surface area contributed by atoms with Gasteiger partial charge in [-0.25, -0.2) is 4.98 Å². The minimum atomic E-state index is 0.169. The lowest BCUT2D eigenvalue weighted by atomic mass is 9.79. The third-order valence-corrected chi connectivity index (χ3v) is 4.77. The van der Waals surface area contributed by atoms with E-state index in [4.69, 9.17) is 4.98 Å². The fourth-order valence-corrected chi connectivity index (χ4v) is 3.21. The maximum absolute atomic E-state index is 4.84.